The summed E-state index contributed by atoms with van der Waals surface area (Å²) in [7, 11) is 0. The van der Waals surface area contributed by atoms with Gasteiger partial charge in [0.15, 0.2) is 0 Å². The summed E-state index contributed by atoms with van der Waals surface area (Å²) in [5.74, 6) is -0.206. The summed E-state index contributed by atoms with van der Waals surface area (Å²) in [6.07, 6.45) is -7.07. The number of halogens is 3. The Bertz CT molecular complexity index is 915. The van der Waals surface area contributed by atoms with Gasteiger partial charge in [-0.15, -0.1) is 13.2 Å². The van der Waals surface area contributed by atoms with Crippen molar-refractivity contribution in [3.63, 3.8) is 0 Å². The fraction of sp³-hybridized carbons (Fsp3) is 0.526. The largest absolute Gasteiger partial charge is 0.573 e. The van der Waals surface area contributed by atoms with Crippen LogP contribution in [-0.4, -0.2) is 63.6 Å². The Kier molecular flexibility index (Phi) is 5.86. The number of aliphatic hydroxyl groups is 2. The van der Waals surface area contributed by atoms with Gasteiger partial charge in [-0.1, -0.05) is 5.16 Å². The van der Waals surface area contributed by atoms with Gasteiger partial charge >= 0.3 is 6.36 Å². The molecule has 12 heteroatoms. The van der Waals surface area contributed by atoms with Crippen molar-refractivity contribution < 1.29 is 42.2 Å². The Labute approximate surface area is 174 Å². The van der Waals surface area contributed by atoms with Gasteiger partial charge < -0.3 is 29.5 Å². The minimum absolute atomic E-state index is 0.00751. The minimum atomic E-state index is -4.79. The number of aromatic nitrogens is 2. The van der Waals surface area contributed by atoms with Crippen LogP contribution in [0, 0.1) is 5.92 Å². The quantitative estimate of drug-likeness (QED) is 0.583. The number of hydrogen-bond donors (Lipinski definition) is 3. The molecule has 2 heterocycles. The van der Waals surface area contributed by atoms with Crippen LogP contribution >= 0.6 is 0 Å². The molecule has 0 spiro atoms. The monoisotopic (exact) mass is 443 g/mol. The number of nitrogens with one attached hydrogen (secondary N) is 1. The van der Waals surface area contributed by atoms with Crippen molar-refractivity contribution in [2.75, 3.05) is 6.54 Å². The van der Waals surface area contributed by atoms with E-state index in [1.165, 1.54) is 12.1 Å². The number of carbonyl (C=O) groups excluding carboxylic acids is 1. The van der Waals surface area contributed by atoms with E-state index in [0.717, 1.165) is 25.0 Å². The van der Waals surface area contributed by atoms with E-state index in [0.29, 0.717) is 5.56 Å². The number of ether oxygens (including phenoxy) is 2. The molecule has 2 aliphatic rings. The lowest BCUT2D eigenvalue weighted by Crippen LogP contribution is -2.40. The highest BCUT2D eigenvalue weighted by atomic mass is 19.4. The molecular formula is C19H20F3N3O6. The maximum Gasteiger partial charge on any atom is 0.573 e. The maximum absolute atomic E-state index is 12.2. The van der Waals surface area contributed by atoms with E-state index in [4.69, 9.17) is 9.26 Å². The van der Waals surface area contributed by atoms with Crippen molar-refractivity contribution in [3.8, 4) is 17.1 Å². The highest BCUT2D eigenvalue weighted by Crippen LogP contribution is 2.30. The number of rotatable bonds is 7. The molecule has 4 atom stereocenters. The number of carbonyl (C=O) groups is 1. The Morgan fingerprint density at radius 2 is 1.84 bits per heavy atom. The molecule has 31 heavy (non-hydrogen) atoms. The van der Waals surface area contributed by atoms with Crippen LogP contribution in [0.15, 0.2) is 28.8 Å². The molecule has 1 amide bonds. The maximum atomic E-state index is 12.2. The molecule has 2 aromatic rings. The average molecular weight is 443 g/mol. The zero-order valence-electron chi connectivity index (χ0n) is 16.1. The smallest absolute Gasteiger partial charge is 0.406 e. The first-order chi connectivity index (χ1) is 14.7. The van der Waals surface area contributed by atoms with E-state index < -0.39 is 30.8 Å². The van der Waals surface area contributed by atoms with Crippen molar-refractivity contribution in [2.45, 2.75) is 50.0 Å². The standard InChI is InChI=1S/C19H20F3N3O6/c20-19(21,22)30-11-5-3-9(4-6-11)17-24-14(31-25-17)7-12-15(26)16(27)13(29-12)8-23-18(28)10-1-2-10/h3-6,10,12-13,15-16,26-27H,1-2,7-8H2,(H,23,28)/t12-,13+,15-,16+/m0/s1. The lowest BCUT2D eigenvalue weighted by Gasteiger charge is -2.15. The first-order valence-electron chi connectivity index (χ1n) is 9.67. The summed E-state index contributed by atoms with van der Waals surface area (Å²) in [5.41, 5.74) is 0.401. The second-order valence-electron chi connectivity index (χ2n) is 7.50. The van der Waals surface area contributed by atoms with E-state index >= 15 is 0 Å². The molecule has 2 fully saturated rings. The van der Waals surface area contributed by atoms with Gasteiger partial charge in [0.25, 0.3) is 0 Å². The van der Waals surface area contributed by atoms with Crippen LogP contribution in [0.1, 0.15) is 18.7 Å². The number of benzene rings is 1. The Hall–Kier alpha value is -2.70. The summed E-state index contributed by atoms with van der Waals surface area (Å²) in [6, 6.07) is 4.94. The van der Waals surface area contributed by atoms with Gasteiger partial charge in [0, 0.05) is 18.0 Å². The van der Waals surface area contributed by atoms with Gasteiger partial charge in [-0.25, -0.2) is 0 Å². The molecule has 0 radical (unpaired) electrons. The molecule has 0 bridgehead atoms. The summed E-state index contributed by atoms with van der Waals surface area (Å²) in [5, 5.41) is 26.9. The van der Waals surface area contributed by atoms with Crippen molar-refractivity contribution in [1.29, 1.82) is 0 Å². The van der Waals surface area contributed by atoms with Crippen molar-refractivity contribution >= 4 is 5.91 Å². The van der Waals surface area contributed by atoms with Gasteiger partial charge in [0.2, 0.25) is 17.6 Å². The molecule has 0 unspecified atom stereocenters. The molecule has 1 aromatic heterocycles. The molecule has 3 N–H and O–H groups in total. The average Bonchev–Trinajstić information content (AvgIpc) is 3.41. The second kappa shape index (κ2) is 8.44. The minimum Gasteiger partial charge on any atom is -0.406 e. The highest BCUT2D eigenvalue weighted by Gasteiger charge is 2.43. The van der Waals surface area contributed by atoms with Crippen molar-refractivity contribution in [3.05, 3.63) is 30.2 Å². The second-order valence-corrected chi connectivity index (χ2v) is 7.50. The lowest BCUT2D eigenvalue weighted by atomic mass is 10.1. The van der Waals surface area contributed by atoms with Crippen molar-refractivity contribution in [1.82, 2.24) is 15.5 Å². The molecule has 9 nitrogen and oxygen atoms in total. The molecular weight excluding hydrogens is 423 g/mol. The SMILES string of the molecule is O=C(NC[C@H]1O[C@@H](Cc2nc(-c3ccc(OC(F)(F)F)cc3)no2)[C@H](O)[C@@H]1O)C1CC1. The van der Waals surface area contributed by atoms with Crippen LogP contribution in [0.25, 0.3) is 11.4 Å². The lowest BCUT2D eigenvalue weighted by molar-refractivity contribution is -0.274. The molecule has 1 aromatic carbocycles. The molecule has 1 aliphatic carbocycles. The van der Waals surface area contributed by atoms with Gasteiger partial charge in [-0.05, 0) is 37.1 Å². The van der Waals surface area contributed by atoms with E-state index in [-0.39, 0.29) is 42.3 Å². The summed E-state index contributed by atoms with van der Waals surface area (Å²) >= 11 is 0. The topological polar surface area (TPSA) is 127 Å². The van der Waals surface area contributed by atoms with Crippen molar-refractivity contribution in [2.24, 2.45) is 5.92 Å². The van der Waals surface area contributed by atoms with Crippen LogP contribution in [-0.2, 0) is 16.0 Å². The number of aliphatic hydroxyl groups excluding tert-OH is 2. The number of nitrogens with zero attached hydrogens (tertiary/aromatic N) is 2. The third-order valence-electron chi connectivity index (χ3n) is 5.08. The fourth-order valence-electron chi connectivity index (χ4n) is 3.29. The van der Waals surface area contributed by atoms with E-state index in [1.807, 2.05) is 0 Å². The van der Waals surface area contributed by atoms with Gasteiger partial charge in [-0.2, -0.15) is 4.98 Å². The Balaban J connectivity index is 1.34. The number of alkyl halides is 3. The number of amides is 1. The fourth-order valence-corrected chi connectivity index (χ4v) is 3.29. The Morgan fingerprint density at radius 3 is 2.48 bits per heavy atom. The van der Waals surface area contributed by atoms with Gasteiger partial charge in [-0.3, -0.25) is 4.79 Å². The molecule has 4 rings (SSSR count). The normalized spacial score (nSPS) is 26.1. The Morgan fingerprint density at radius 1 is 1.16 bits per heavy atom. The summed E-state index contributed by atoms with van der Waals surface area (Å²) in [4.78, 5) is 15.9. The first kappa shape index (κ1) is 21.5. The van der Waals surface area contributed by atoms with Crippen LogP contribution in [0.5, 0.6) is 5.75 Å². The molecule has 168 valence electrons. The van der Waals surface area contributed by atoms with Crippen LogP contribution in [0.2, 0.25) is 0 Å². The summed E-state index contributed by atoms with van der Waals surface area (Å²) in [6.45, 7) is 0.0749. The predicted octanol–water partition coefficient (Wildman–Crippen LogP) is 1.19. The van der Waals surface area contributed by atoms with Gasteiger partial charge in [0.05, 0.1) is 12.5 Å². The van der Waals surface area contributed by atoms with E-state index in [1.54, 1.807) is 0 Å². The molecule has 1 aliphatic heterocycles. The van der Waals surface area contributed by atoms with Crippen LogP contribution in [0.3, 0.4) is 0 Å². The van der Waals surface area contributed by atoms with E-state index in [9.17, 15) is 28.2 Å². The zero-order valence-corrected chi connectivity index (χ0v) is 16.1. The highest BCUT2D eigenvalue weighted by molar-refractivity contribution is 5.80. The third kappa shape index (κ3) is 5.32. The summed E-state index contributed by atoms with van der Waals surface area (Å²) < 4.78 is 51.3. The third-order valence-corrected chi connectivity index (χ3v) is 5.08. The number of hydrogen-bond acceptors (Lipinski definition) is 8. The molecule has 1 saturated heterocycles. The van der Waals surface area contributed by atoms with Crippen LogP contribution in [0.4, 0.5) is 13.2 Å². The predicted molar refractivity (Wildman–Crippen MR) is 96.5 cm³/mol. The van der Waals surface area contributed by atoms with E-state index in [2.05, 4.69) is 20.2 Å². The van der Waals surface area contributed by atoms with Crippen LogP contribution < -0.4 is 10.1 Å². The zero-order chi connectivity index (χ0) is 22.2. The molecule has 1 saturated carbocycles. The van der Waals surface area contributed by atoms with Gasteiger partial charge in [0.1, 0.15) is 24.1 Å². The first-order valence-corrected chi connectivity index (χ1v) is 9.67.